The fourth-order valence-corrected chi connectivity index (χ4v) is 1.31. The third kappa shape index (κ3) is 6.75. The Bertz CT molecular complexity index is 179. The lowest BCUT2D eigenvalue weighted by atomic mass is 10.1. The van der Waals surface area contributed by atoms with Gasteiger partial charge in [-0.25, -0.2) is 0 Å². The first-order valence-electron chi connectivity index (χ1n) is 5.50. The van der Waals surface area contributed by atoms with E-state index in [0.717, 1.165) is 19.3 Å². The lowest BCUT2D eigenvalue weighted by Crippen LogP contribution is -2.45. The summed E-state index contributed by atoms with van der Waals surface area (Å²) in [6.45, 7) is 10.6. The van der Waals surface area contributed by atoms with Crippen LogP contribution in [0, 0.1) is 0 Å². The maximum atomic E-state index is 5.81. The van der Waals surface area contributed by atoms with Gasteiger partial charge in [0.25, 0.3) is 0 Å². The van der Waals surface area contributed by atoms with Crippen molar-refractivity contribution in [2.45, 2.75) is 65.5 Å². The number of guanidine groups is 1. The molecule has 0 aliphatic heterocycles. The second-order valence-electron chi connectivity index (χ2n) is 4.74. The summed E-state index contributed by atoms with van der Waals surface area (Å²) < 4.78 is 0. The van der Waals surface area contributed by atoms with E-state index in [1.165, 1.54) is 0 Å². The molecule has 0 aliphatic rings. The molecule has 0 spiro atoms. The zero-order valence-corrected chi connectivity index (χ0v) is 10.2. The van der Waals surface area contributed by atoms with Crippen molar-refractivity contribution in [1.82, 2.24) is 5.32 Å². The molecule has 14 heavy (non-hydrogen) atoms. The van der Waals surface area contributed by atoms with Crippen LogP contribution in [-0.2, 0) is 0 Å². The van der Waals surface area contributed by atoms with Gasteiger partial charge < -0.3 is 11.1 Å². The number of aliphatic imine (C=N–C) groups is 1. The maximum Gasteiger partial charge on any atom is 0.189 e. The van der Waals surface area contributed by atoms with Crippen molar-refractivity contribution in [1.29, 1.82) is 0 Å². The summed E-state index contributed by atoms with van der Waals surface area (Å²) in [5.41, 5.74) is 5.80. The van der Waals surface area contributed by atoms with Crippen LogP contribution < -0.4 is 11.1 Å². The molecule has 0 aliphatic carbocycles. The first kappa shape index (κ1) is 13.3. The van der Waals surface area contributed by atoms with Crippen LogP contribution in [0.1, 0.15) is 53.9 Å². The second kappa shape index (κ2) is 5.89. The van der Waals surface area contributed by atoms with Gasteiger partial charge in [-0.15, -0.1) is 0 Å². The van der Waals surface area contributed by atoms with Gasteiger partial charge in [-0.2, -0.15) is 0 Å². The molecule has 0 aromatic carbocycles. The van der Waals surface area contributed by atoms with Crippen molar-refractivity contribution in [3.8, 4) is 0 Å². The van der Waals surface area contributed by atoms with Gasteiger partial charge in [-0.1, -0.05) is 20.3 Å². The molecule has 84 valence electrons. The summed E-state index contributed by atoms with van der Waals surface area (Å²) in [6.07, 6.45) is 3.33. The van der Waals surface area contributed by atoms with Crippen LogP contribution in [0.25, 0.3) is 0 Å². The van der Waals surface area contributed by atoms with Crippen molar-refractivity contribution in [2.24, 2.45) is 10.7 Å². The highest BCUT2D eigenvalue weighted by Gasteiger charge is 2.11. The average Bonchev–Trinajstić information content (AvgIpc) is 2.00. The summed E-state index contributed by atoms with van der Waals surface area (Å²) in [5.74, 6) is 0.567. The number of hydrogen-bond acceptors (Lipinski definition) is 1. The molecule has 1 atom stereocenters. The molecule has 0 aromatic rings. The van der Waals surface area contributed by atoms with E-state index in [0.29, 0.717) is 12.0 Å². The maximum absolute atomic E-state index is 5.81. The van der Waals surface area contributed by atoms with E-state index < -0.39 is 0 Å². The molecule has 0 radical (unpaired) electrons. The molecule has 0 rings (SSSR count). The topological polar surface area (TPSA) is 50.4 Å². The lowest BCUT2D eigenvalue weighted by molar-refractivity contribution is 0.502. The molecule has 0 aromatic heterocycles. The number of rotatable bonds is 4. The number of nitrogens with one attached hydrogen (secondary N) is 1. The Hall–Kier alpha value is -0.730. The third-order valence-electron chi connectivity index (χ3n) is 1.92. The van der Waals surface area contributed by atoms with Crippen molar-refractivity contribution in [3.05, 3.63) is 0 Å². The Labute approximate surface area is 88.2 Å². The molecule has 0 bridgehead atoms. The predicted molar refractivity (Wildman–Crippen MR) is 63.5 cm³/mol. The third-order valence-corrected chi connectivity index (χ3v) is 1.92. The Morgan fingerprint density at radius 3 is 2.29 bits per heavy atom. The molecule has 1 unspecified atom stereocenters. The van der Waals surface area contributed by atoms with Gasteiger partial charge in [0.2, 0.25) is 0 Å². The van der Waals surface area contributed by atoms with Crippen molar-refractivity contribution in [2.75, 3.05) is 0 Å². The molecular formula is C11H25N3. The van der Waals surface area contributed by atoms with Gasteiger partial charge in [0, 0.05) is 5.54 Å². The van der Waals surface area contributed by atoms with Gasteiger partial charge >= 0.3 is 0 Å². The van der Waals surface area contributed by atoms with Crippen LogP contribution in [0.4, 0.5) is 0 Å². The van der Waals surface area contributed by atoms with Crippen LogP contribution in [0.15, 0.2) is 4.99 Å². The normalized spacial score (nSPS) is 15.4. The molecule has 0 saturated heterocycles. The minimum absolute atomic E-state index is 0.00190. The average molecular weight is 199 g/mol. The molecule has 0 heterocycles. The van der Waals surface area contributed by atoms with Crippen LogP contribution >= 0.6 is 0 Å². The Kier molecular flexibility index (Phi) is 5.58. The highest BCUT2D eigenvalue weighted by atomic mass is 15.1. The van der Waals surface area contributed by atoms with Gasteiger partial charge in [-0.3, -0.25) is 4.99 Å². The van der Waals surface area contributed by atoms with Crippen LogP contribution in [-0.4, -0.2) is 17.5 Å². The molecule has 0 saturated carbocycles. The monoisotopic (exact) mass is 199 g/mol. The van der Waals surface area contributed by atoms with Crippen molar-refractivity contribution in [3.63, 3.8) is 0 Å². The molecule has 3 nitrogen and oxygen atoms in total. The zero-order chi connectivity index (χ0) is 11.2. The number of hydrogen-bond donors (Lipinski definition) is 2. The first-order valence-corrected chi connectivity index (χ1v) is 5.50. The van der Waals surface area contributed by atoms with Gasteiger partial charge in [-0.05, 0) is 33.6 Å². The predicted octanol–water partition coefficient (Wildman–Crippen LogP) is 2.27. The molecule has 0 amide bonds. The Morgan fingerprint density at radius 1 is 1.36 bits per heavy atom. The number of nitrogens with zero attached hydrogens (tertiary/aromatic N) is 1. The molecule has 3 N–H and O–H groups in total. The Balaban J connectivity index is 4.18. The van der Waals surface area contributed by atoms with E-state index in [1.54, 1.807) is 0 Å². The van der Waals surface area contributed by atoms with E-state index in [4.69, 9.17) is 5.73 Å². The van der Waals surface area contributed by atoms with E-state index in [-0.39, 0.29) is 5.54 Å². The second-order valence-corrected chi connectivity index (χ2v) is 4.74. The van der Waals surface area contributed by atoms with Crippen molar-refractivity contribution >= 4 is 5.96 Å². The molecule has 3 heteroatoms. The quantitative estimate of drug-likeness (QED) is 0.539. The van der Waals surface area contributed by atoms with E-state index in [2.05, 4.69) is 44.9 Å². The highest BCUT2D eigenvalue weighted by Crippen LogP contribution is 2.06. The summed E-state index contributed by atoms with van der Waals surface area (Å²) in [7, 11) is 0. The largest absolute Gasteiger partial charge is 0.370 e. The van der Waals surface area contributed by atoms with E-state index >= 15 is 0 Å². The van der Waals surface area contributed by atoms with Crippen LogP contribution in [0.2, 0.25) is 0 Å². The first-order chi connectivity index (χ1) is 6.39. The summed E-state index contributed by atoms with van der Waals surface area (Å²) >= 11 is 0. The van der Waals surface area contributed by atoms with Crippen LogP contribution in [0.3, 0.4) is 0 Å². The van der Waals surface area contributed by atoms with Crippen molar-refractivity contribution < 1.29 is 0 Å². The molecule has 0 fully saturated rings. The summed E-state index contributed by atoms with van der Waals surface area (Å²) in [4.78, 5) is 4.45. The summed E-state index contributed by atoms with van der Waals surface area (Å²) in [6, 6.07) is 0.370. The fraction of sp³-hybridized carbons (Fsp3) is 0.909. The van der Waals surface area contributed by atoms with Gasteiger partial charge in [0.15, 0.2) is 5.96 Å². The van der Waals surface area contributed by atoms with Gasteiger partial charge in [0.05, 0.1) is 6.04 Å². The lowest BCUT2D eigenvalue weighted by Gasteiger charge is -2.22. The highest BCUT2D eigenvalue weighted by molar-refractivity contribution is 5.78. The number of nitrogens with two attached hydrogens (primary N) is 1. The fourth-order valence-electron chi connectivity index (χ4n) is 1.31. The van der Waals surface area contributed by atoms with E-state index in [9.17, 15) is 0 Å². The standard InChI is InChI=1S/C11H25N3/c1-6-8-9(7-2)13-10(12)14-11(3,4)5/h9H,6-8H2,1-5H3,(H3,12,13,14). The molecular weight excluding hydrogens is 174 g/mol. The SMILES string of the molecule is CCCC(CC)N=C(N)NC(C)(C)C. The van der Waals surface area contributed by atoms with E-state index in [1.807, 2.05) is 0 Å². The zero-order valence-electron chi connectivity index (χ0n) is 10.2. The minimum atomic E-state index is -0.00190. The van der Waals surface area contributed by atoms with Crippen LogP contribution in [0.5, 0.6) is 0 Å². The summed E-state index contributed by atoms with van der Waals surface area (Å²) in [5, 5.41) is 3.17. The Morgan fingerprint density at radius 2 is 1.93 bits per heavy atom. The smallest absolute Gasteiger partial charge is 0.189 e. The minimum Gasteiger partial charge on any atom is -0.370 e. The van der Waals surface area contributed by atoms with Gasteiger partial charge in [0.1, 0.15) is 0 Å².